The van der Waals surface area contributed by atoms with E-state index in [0.717, 1.165) is 42.6 Å². The summed E-state index contributed by atoms with van der Waals surface area (Å²) in [6.45, 7) is 8.86. The Hall–Kier alpha value is -1.87. The summed E-state index contributed by atoms with van der Waals surface area (Å²) in [4.78, 5) is 12.5. The first-order valence-corrected chi connectivity index (χ1v) is 11.3. The van der Waals surface area contributed by atoms with Crippen LogP contribution in [0.5, 0.6) is 0 Å². The van der Waals surface area contributed by atoms with Crippen LogP contribution in [0.1, 0.15) is 73.7 Å². The molecule has 2 aliphatic rings. The fraction of sp³-hybridized carbons (Fsp3) is 0.577. The summed E-state index contributed by atoms with van der Waals surface area (Å²) < 4.78 is 11.4. The van der Waals surface area contributed by atoms with Gasteiger partial charge >= 0.3 is 5.97 Å². The first kappa shape index (κ1) is 21.8. The van der Waals surface area contributed by atoms with Crippen molar-refractivity contribution in [1.29, 1.82) is 0 Å². The SMILES string of the molecule is C=CCCOCc1ccc(C(=O)O[C@H]2CC[C@H]([C@H]3CC[C@H](C=C)CC3)CC2)cc1. The van der Waals surface area contributed by atoms with Gasteiger partial charge in [-0.1, -0.05) is 24.3 Å². The lowest BCUT2D eigenvalue weighted by atomic mass is 9.70. The van der Waals surface area contributed by atoms with Gasteiger partial charge in [0.15, 0.2) is 0 Å². The van der Waals surface area contributed by atoms with Gasteiger partial charge in [0.1, 0.15) is 6.10 Å². The second-order valence-electron chi connectivity index (χ2n) is 8.68. The Kier molecular flexibility index (Phi) is 8.54. The number of hydrogen-bond donors (Lipinski definition) is 0. The lowest BCUT2D eigenvalue weighted by Crippen LogP contribution is -2.29. The van der Waals surface area contributed by atoms with Gasteiger partial charge in [0.2, 0.25) is 0 Å². The minimum Gasteiger partial charge on any atom is -0.459 e. The van der Waals surface area contributed by atoms with Crippen LogP contribution in [0.4, 0.5) is 0 Å². The van der Waals surface area contributed by atoms with Crippen LogP contribution >= 0.6 is 0 Å². The molecule has 0 radical (unpaired) electrons. The zero-order chi connectivity index (χ0) is 20.5. The molecule has 3 heteroatoms. The summed E-state index contributed by atoms with van der Waals surface area (Å²) in [5.74, 6) is 2.22. The maximum atomic E-state index is 12.5. The summed E-state index contributed by atoms with van der Waals surface area (Å²) in [5, 5.41) is 0. The molecule has 0 heterocycles. The number of ether oxygens (including phenoxy) is 2. The van der Waals surface area contributed by atoms with Gasteiger partial charge in [0.25, 0.3) is 0 Å². The largest absolute Gasteiger partial charge is 0.459 e. The van der Waals surface area contributed by atoms with Crippen LogP contribution in [0.15, 0.2) is 49.6 Å². The number of rotatable bonds is 9. The van der Waals surface area contributed by atoms with Crippen molar-refractivity contribution in [1.82, 2.24) is 0 Å². The van der Waals surface area contributed by atoms with E-state index in [0.29, 0.717) is 18.8 Å². The Bertz CT molecular complexity index is 647. The van der Waals surface area contributed by atoms with Gasteiger partial charge in [0, 0.05) is 0 Å². The molecule has 0 saturated heterocycles. The Labute approximate surface area is 176 Å². The van der Waals surface area contributed by atoms with E-state index in [-0.39, 0.29) is 12.1 Å². The first-order chi connectivity index (χ1) is 14.2. The van der Waals surface area contributed by atoms with Crippen LogP contribution in [0.3, 0.4) is 0 Å². The highest BCUT2D eigenvalue weighted by Gasteiger charge is 2.31. The van der Waals surface area contributed by atoms with Crippen molar-refractivity contribution in [2.45, 2.75) is 70.5 Å². The molecule has 29 heavy (non-hydrogen) atoms. The van der Waals surface area contributed by atoms with Crippen molar-refractivity contribution in [3.8, 4) is 0 Å². The van der Waals surface area contributed by atoms with E-state index in [1.54, 1.807) is 0 Å². The Morgan fingerprint density at radius 2 is 1.55 bits per heavy atom. The van der Waals surface area contributed by atoms with Crippen molar-refractivity contribution >= 4 is 5.97 Å². The topological polar surface area (TPSA) is 35.5 Å². The van der Waals surface area contributed by atoms with Crippen LogP contribution in [0.2, 0.25) is 0 Å². The van der Waals surface area contributed by atoms with Crippen LogP contribution in [0.25, 0.3) is 0 Å². The molecule has 2 fully saturated rings. The highest BCUT2D eigenvalue weighted by Crippen LogP contribution is 2.40. The standard InChI is InChI=1S/C26H36O3/c1-3-5-18-28-19-21-8-12-24(13-9-21)26(27)29-25-16-14-23(15-17-25)22-10-6-20(4-2)7-11-22/h3-4,8-9,12-13,20,22-23,25H,1-2,5-7,10-11,14-19H2/t20-,22-,23-,25-. The van der Waals surface area contributed by atoms with Crippen LogP contribution in [-0.4, -0.2) is 18.7 Å². The fourth-order valence-corrected chi connectivity index (χ4v) is 4.84. The Morgan fingerprint density at radius 1 is 0.931 bits per heavy atom. The van der Waals surface area contributed by atoms with E-state index in [1.807, 2.05) is 30.3 Å². The maximum Gasteiger partial charge on any atom is 0.338 e. The summed E-state index contributed by atoms with van der Waals surface area (Å²) >= 11 is 0. The third kappa shape index (κ3) is 6.57. The molecule has 3 nitrogen and oxygen atoms in total. The molecule has 0 N–H and O–H groups in total. The summed E-state index contributed by atoms with van der Waals surface area (Å²) in [5.41, 5.74) is 1.70. The smallest absolute Gasteiger partial charge is 0.338 e. The van der Waals surface area contributed by atoms with Gasteiger partial charge < -0.3 is 9.47 Å². The van der Waals surface area contributed by atoms with Crippen LogP contribution in [0, 0.1) is 17.8 Å². The summed E-state index contributed by atoms with van der Waals surface area (Å²) in [6.07, 6.45) is 14.6. The number of carbonyl (C=O) groups is 1. The van der Waals surface area contributed by atoms with E-state index >= 15 is 0 Å². The highest BCUT2D eigenvalue weighted by atomic mass is 16.5. The number of allylic oxidation sites excluding steroid dienone is 1. The lowest BCUT2D eigenvalue weighted by Gasteiger charge is -2.37. The Morgan fingerprint density at radius 3 is 2.14 bits per heavy atom. The van der Waals surface area contributed by atoms with E-state index < -0.39 is 0 Å². The molecule has 0 unspecified atom stereocenters. The minimum atomic E-state index is -0.195. The molecule has 2 saturated carbocycles. The van der Waals surface area contributed by atoms with E-state index in [2.05, 4.69) is 19.2 Å². The number of carbonyl (C=O) groups excluding carboxylic acids is 1. The molecule has 3 rings (SSSR count). The predicted molar refractivity (Wildman–Crippen MR) is 118 cm³/mol. The molecular weight excluding hydrogens is 360 g/mol. The normalized spacial score (nSPS) is 27.2. The lowest BCUT2D eigenvalue weighted by molar-refractivity contribution is 0.0113. The predicted octanol–water partition coefficient (Wildman–Crippen LogP) is 6.49. The van der Waals surface area contributed by atoms with Gasteiger partial charge in [-0.3, -0.25) is 0 Å². The number of hydrogen-bond acceptors (Lipinski definition) is 3. The average molecular weight is 397 g/mol. The quantitative estimate of drug-likeness (QED) is 0.272. The van der Waals surface area contributed by atoms with E-state index in [9.17, 15) is 4.79 Å². The summed E-state index contributed by atoms with van der Waals surface area (Å²) in [7, 11) is 0. The zero-order valence-corrected chi connectivity index (χ0v) is 17.7. The molecule has 0 spiro atoms. The molecule has 0 aromatic heterocycles. The van der Waals surface area contributed by atoms with Gasteiger partial charge in [-0.15, -0.1) is 13.2 Å². The van der Waals surface area contributed by atoms with Crippen molar-refractivity contribution in [2.24, 2.45) is 17.8 Å². The monoisotopic (exact) mass is 396 g/mol. The molecule has 1 aromatic rings. The zero-order valence-electron chi connectivity index (χ0n) is 17.7. The third-order valence-electron chi connectivity index (χ3n) is 6.73. The summed E-state index contributed by atoms with van der Waals surface area (Å²) in [6, 6.07) is 7.58. The number of benzene rings is 1. The van der Waals surface area contributed by atoms with Crippen molar-refractivity contribution in [2.75, 3.05) is 6.61 Å². The number of esters is 1. The Balaban J connectivity index is 1.39. The molecule has 158 valence electrons. The van der Waals surface area contributed by atoms with E-state index in [4.69, 9.17) is 9.47 Å². The molecule has 2 aliphatic carbocycles. The second kappa shape index (κ2) is 11.3. The average Bonchev–Trinajstić information content (AvgIpc) is 2.78. The molecule has 1 aromatic carbocycles. The van der Waals surface area contributed by atoms with Crippen LogP contribution in [-0.2, 0) is 16.1 Å². The molecule has 0 atom stereocenters. The van der Waals surface area contributed by atoms with Crippen molar-refractivity contribution < 1.29 is 14.3 Å². The molecule has 0 amide bonds. The van der Waals surface area contributed by atoms with Gasteiger partial charge in [0.05, 0.1) is 18.8 Å². The highest BCUT2D eigenvalue weighted by molar-refractivity contribution is 5.89. The van der Waals surface area contributed by atoms with Gasteiger partial charge in [-0.25, -0.2) is 4.79 Å². The van der Waals surface area contributed by atoms with Crippen LogP contribution < -0.4 is 0 Å². The molecular formula is C26H36O3. The third-order valence-corrected chi connectivity index (χ3v) is 6.73. The van der Waals surface area contributed by atoms with E-state index in [1.165, 1.54) is 38.5 Å². The fourth-order valence-electron chi connectivity index (χ4n) is 4.84. The van der Waals surface area contributed by atoms with Crippen molar-refractivity contribution in [3.63, 3.8) is 0 Å². The molecule has 0 bridgehead atoms. The van der Waals surface area contributed by atoms with Gasteiger partial charge in [-0.05, 0) is 93.2 Å². The minimum absolute atomic E-state index is 0.0742. The first-order valence-electron chi connectivity index (χ1n) is 11.3. The molecule has 0 aliphatic heterocycles. The second-order valence-corrected chi connectivity index (χ2v) is 8.68. The van der Waals surface area contributed by atoms with Gasteiger partial charge in [-0.2, -0.15) is 0 Å². The van der Waals surface area contributed by atoms with Crippen molar-refractivity contribution in [3.05, 3.63) is 60.7 Å². The maximum absolute atomic E-state index is 12.5.